The molecule has 0 aliphatic heterocycles. The number of halogens is 4. The average molecular weight is 331 g/mol. The van der Waals surface area contributed by atoms with Crippen molar-refractivity contribution in [3.05, 3.63) is 0 Å². The van der Waals surface area contributed by atoms with E-state index >= 15 is 0 Å². The Morgan fingerprint density at radius 1 is 1.00 bits per heavy atom. The number of nitrogens with zero attached hydrogens (tertiary/aromatic N) is 1. The highest BCUT2D eigenvalue weighted by atomic mass is 35.5. The number of rotatable bonds is 10. The predicted octanol–water partition coefficient (Wildman–Crippen LogP) is 3.80. The van der Waals surface area contributed by atoms with Gasteiger partial charge in [-0.1, -0.05) is 0 Å². The van der Waals surface area contributed by atoms with E-state index in [-0.39, 0.29) is 5.62 Å². The van der Waals surface area contributed by atoms with Crippen molar-refractivity contribution in [3.8, 4) is 0 Å². The number of alkyl halides is 4. The van der Waals surface area contributed by atoms with Crippen molar-refractivity contribution in [3.63, 3.8) is 0 Å². The van der Waals surface area contributed by atoms with E-state index in [0.717, 1.165) is 0 Å². The molecule has 0 amide bonds. The molecule has 0 aliphatic carbocycles. The summed E-state index contributed by atoms with van der Waals surface area (Å²) in [6, 6.07) is 0. The first kappa shape index (κ1) is 17.3. The molecule has 16 heavy (non-hydrogen) atoms. The molecule has 0 saturated heterocycles. The van der Waals surface area contributed by atoms with Crippen LogP contribution in [0, 0.1) is 0 Å². The van der Waals surface area contributed by atoms with E-state index in [1.54, 1.807) is 4.67 Å². The smallest absolute Gasteiger partial charge is 0.286 e. The second kappa shape index (κ2) is 10.3. The van der Waals surface area contributed by atoms with Crippen molar-refractivity contribution in [2.45, 2.75) is 6.42 Å². The number of hydrogen-bond acceptors (Lipinski definition) is 2. The minimum Gasteiger partial charge on any atom is -0.317 e. The van der Waals surface area contributed by atoms with Crippen LogP contribution in [0.2, 0.25) is 0 Å². The topological polar surface area (TPSA) is 29.5 Å². The van der Waals surface area contributed by atoms with Crippen LogP contribution in [0.3, 0.4) is 0 Å². The van der Waals surface area contributed by atoms with Crippen LogP contribution in [0.4, 0.5) is 0 Å². The van der Waals surface area contributed by atoms with Crippen molar-refractivity contribution in [2.24, 2.45) is 0 Å². The summed E-state index contributed by atoms with van der Waals surface area (Å²) in [6.45, 7) is 1.22. The summed E-state index contributed by atoms with van der Waals surface area (Å²) in [5, 5.41) is 0. The van der Waals surface area contributed by atoms with Crippen LogP contribution in [-0.2, 0) is 9.09 Å². The molecule has 0 saturated carbocycles. The minimum absolute atomic E-state index is 0.0664. The Hall–Kier alpha value is 1.31. The minimum atomic E-state index is -3.00. The van der Waals surface area contributed by atoms with Gasteiger partial charge in [-0.3, -0.25) is 4.57 Å². The third-order valence-corrected chi connectivity index (χ3v) is 5.50. The van der Waals surface area contributed by atoms with Crippen LogP contribution in [0.5, 0.6) is 0 Å². The Bertz CT molecular complexity index is 214. The molecule has 0 heterocycles. The van der Waals surface area contributed by atoms with Crippen molar-refractivity contribution < 1.29 is 9.09 Å². The summed E-state index contributed by atoms with van der Waals surface area (Å²) >= 11 is 22.5. The maximum absolute atomic E-state index is 12.3. The largest absolute Gasteiger partial charge is 0.317 e. The van der Waals surface area contributed by atoms with Gasteiger partial charge in [-0.15, -0.1) is 46.4 Å². The zero-order chi connectivity index (χ0) is 12.4. The van der Waals surface area contributed by atoms with E-state index in [4.69, 9.17) is 50.9 Å². The molecule has 0 fully saturated rings. The van der Waals surface area contributed by atoms with Gasteiger partial charge in [0.1, 0.15) is 5.62 Å². The zero-order valence-corrected chi connectivity index (χ0v) is 12.8. The van der Waals surface area contributed by atoms with Crippen molar-refractivity contribution >= 4 is 53.9 Å². The van der Waals surface area contributed by atoms with Gasteiger partial charge in [0.15, 0.2) is 0 Å². The third-order valence-electron chi connectivity index (χ3n) is 1.84. The lowest BCUT2D eigenvalue weighted by molar-refractivity contribution is 0.269. The van der Waals surface area contributed by atoms with Gasteiger partial charge in [0.05, 0.1) is 6.61 Å². The van der Waals surface area contributed by atoms with Crippen molar-refractivity contribution in [2.75, 3.05) is 43.0 Å². The maximum atomic E-state index is 12.3. The Morgan fingerprint density at radius 2 is 1.56 bits per heavy atom. The normalized spacial score (nSPS) is 15.3. The summed E-state index contributed by atoms with van der Waals surface area (Å²) in [6.07, 6.45) is 0.637. The van der Waals surface area contributed by atoms with E-state index in [2.05, 4.69) is 0 Å². The second-order valence-corrected chi connectivity index (χ2v) is 7.15. The Labute approximate surface area is 117 Å². The molecule has 0 aromatic rings. The first-order chi connectivity index (χ1) is 7.64. The highest BCUT2D eigenvalue weighted by Crippen LogP contribution is 2.51. The molecule has 0 N–H and O–H groups in total. The van der Waals surface area contributed by atoms with Gasteiger partial charge in [-0.25, -0.2) is 4.67 Å². The molecule has 8 heteroatoms. The van der Waals surface area contributed by atoms with E-state index in [9.17, 15) is 4.57 Å². The van der Waals surface area contributed by atoms with Crippen LogP contribution in [-0.4, -0.2) is 47.6 Å². The number of hydrogen-bond donors (Lipinski definition) is 0. The SMILES string of the molecule is O=P(CCl)(OCCCCl)N(CCCl)CCCl. The molecule has 0 aliphatic rings. The summed E-state index contributed by atoms with van der Waals surface area (Å²) in [5.74, 6) is 1.18. The van der Waals surface area contributed by atoms with E-state index in [0.29, 0.717) is 43.8 Å². The molecule has 0 bridgehead atoms. The molecular formula is C8H16Cl4NO2P. The van der Waals surface area contributed by atoms with Gasteiger partial charge in [0.25, 0.3) is 7.52 Å². The second-order valence-electron chi connectivity index (χ2n) is 2.96. The zero-order valence-electron chi connectivity index (χ0n) is 8.88. The fourth-order valence-electron chi connectivity index (χ4n) is 1.07. The summed E-state index contributed by atoms with van der Waals surface area (Å²) in [5.41, 5.74) is -0.0664. The third kappa shape index (κ3) is 6.30. The van der Waals surface area contributed by atoms with Crippen LogP contribution in [0.1, 0.15) is 6.42 Å². The molecule has 1 atom stereocenters. The maximum Gasteiger partial charge on any atom is 0.286 e. The lowest BCUT2D eigenvalue weighted by Gasteiger charge is -2.28. The van der Waals surface area contributed by atoms with Gasteiger partial charge < -0.3 is 4.52 Å². The monoisotopic (exact) mass is 329 g/mol. The van der Waals surface area contributed by atoms with Crippen LogP contribution in [0.25, 0.3) is 0 Å². The van der Waals surface area contributed by atoms with Crippen LogP contribution >= 0.6 is 53.9 Å². The predicted molar refractivity (Wildman–Crippen MR) is 72.6 cm³/mol. The molecule has 1 unspecified atom stereocenters. The van der Waals surface area contributed by atoms with Crippen LogP contribution in [0.15, 0.2) is 0 Å². The quantitative estimate of drug-likeness (QED) is 0.346. The Balaban J connectivity index is 4.40. The van der Waals surface area contributed by atoms with Crippen LogP contribution < -0.4 is 0 Å². The molecular weight excluding hydrogens is 315 g/mol. The van der Waals surface area contributed by atoms with Gasteiger partial charge in [-0.2, -0.15) is 0 Å². The molecule has 0 spiro atoms. The first-order valence-electron chi connectivity index (χ1n) is 4.87. The first-order valence-corrected chi connectivity index (χ1v) is 8.77. The van der Waals surface area contributed by atoms with Crippen molar-refractivity contribution in [1.82, 2.24) is 4.67 Å². The fraction of sp³-hybridized carbons (Fsp3) is 1.00. The lowest BCUT2D eigenvalue weighted by atomic mass is 10.5. The molecule has 3 nitrogen and oxygen atoms in total. The molecule has 0 radical (unpaired) electrons. The standard InChI is InChI=1S/C8H16Cl4NO2P/c9-2-1-7-15-16(14,8-12)13(5-3-10)6-4-11/h1-8H2. The summed E-state index contributed by atoms with van der Waals surface area (Å²) < 4.78 is 19.3. The molecule has 98 valence electrons. The Kier molecular flexibility index (Phi) is 11.1. The fourth-order valence-corrected chi connectivity index (χ4v) is 4.09. The van der Waals surface area contributed by atoms with E-state index in [1.807, 2.05) is 0 Å². The highest BCUT2D eigenvalue weighted by molar-refractivity contribution is 7.58. The summed E-state index contributed by atoms with van der Waals surface area (Å²) in [7, 11) is -3.00. The van der Waals surface area contributed by atoms with E-state index in [1.165, 1.54) is 0 Å². The molecule has 0 rings (SSSR count). The van der Waals surface area contributed by atoms with Gasteiger partial charge in [-0.05, 0) is 6.42 Å². The lowest BCUT2D eigenvalue weighted by Crippen LogP contribution is -2.27. The average Bonchev–Trinajstić information content (AvgIpc) is 2.29. The van der Waals surface area contributed by atoms with Gasteiger partial charge in [0, 0.05) is 30.7 Å². The molecule has 0 aromatic heterocycles. The highest BCUT2D eigenvalue weighted by Gasteiger charge is 2.29. The van der Waals surface area contributed by atoms with Gasteiger partial charge >= 0.3 is 0 Å². The Morgan fingerprint density at radius 3 is 1.94 bits per heavy atom. The summed E-state index contributed by atoms with van der Waals surface area (Å²) in [4.78, 5) is 0. The van der Waals surface area contributed by atoms with E-state index < -0.39 is 7.52 Å². The molecule has 0 aromatic carbocycles. The van der Waals surface area contributed by atoms with Crippen molar-refractivity contribution in [1.29, 1.82) is 0 Å². The van der Waals surface area contributed by atoms with Gasteiger partial charge in [0.2, 0.25) is 0 Å².